The third-order valence-electron chi connectivity index (χ3n) is 2.83. The van der Waals surface area contributed by atoms with Crippen molar-refractivity contribution < 1.29 is 9.26 Å². The molecular weight excluding hydrogens is 252 g/mol. The van der Waals surface area contributed by atoms with Crippen molar-refractivity contribution in [1.82, 2.24) is 5.16 Å². The van der Waals surface area contributed by atoms with Gasteiger partial charge in [-0.05, 0) is 23.6 Å². The summed E-state index contributed by atoms with van der Waals surface area (Å²) in [5.41, 5.74) is 8.34. The van der Waals surface area contributed by atoms with Gasteiger partial charge in [0.1, 0.15) is 5.75 Å². The predicted molar refractivity (Wildman–Crippen MR) is 72.0 cm³/mol. The lowest BCUT2D eigenvalue weighted by Gasteiger charge is -2.13. The SMILES string of the molecule is COc1c(Cl)cc(C(C)C)cc1-c1cnoc1N. The first-order chi connectivity index (χ1) is 8.54. The highest BCUT2D eigenvalue weighted by atomic mass is 35.5. The van der Waals surface area contributed by atoms with Crippen LogP contribution in [0.5, 0.6) is 5.75 Å². The van der Waals surface area contributed by atoms with E-state index in [9.17, 15) is 0 Å². The molecule has 0 aliphatic rings. The highest BCUT2D eigenvalue weighted by Gasteiger charge is 2.17. The van der Waals surface area contributed by atoms with Crippen molar-refractivity contribution in [3.05, 3.63) is 28.9 Å². The molecule has 0 aliphatic carbocycles. The minimum Gasteiger partial charge on any atom is -0.495 e. The van der Waals surface area contributed by atoms with Gasteiger partial charge in [-0.2, -0.15) is 0 Å². The molecule has 18 heavy (non-hydrogen) atoms. The summed E-state index contributed by atoms with van der Waals surface area (Å²) in [7, 11) is 1.57. The van der Waals surface area contributed by atoms with Crippen LogP contribution in [0.4, 0.5) is 5.88 Å². The van der Waals surface area contributed by atoms with Gasteiger partial charge in [0.25, 0.3) is 0 Å². The zero-order valence-electron chi connectivity index (χ0n) is 10.5. The first-order valence-corrected chi connectivity index (χ1v) is 6.00. The van der Waals surface area contributed by atoms with Crippen LogP contribution in [0.25, 0.3) is 11.1 Å². The van der Waals surface area contributed by atoms with Gasteiger partial charge in [0, 0.05) is 5.56 Å². The average Bonchev–Trinajstić information content (AvgIpc) is 2.74. The summed E-state index contributed by atoms with van der Waals surface area (Å²) in [6.07, 6.45) is 1.56. The minimum atomic E-state index is 0.255. The molecule has 1 aromatic heterocycles. The molecule has 2 rings (SSSR count). The summed E-state index contributed by atoms with van der Waals surface area (Å²) in [4.78, 5) is 0. The number of anilines is 1. The molecule has 0 unspecified atom stereocenters. The zero-order chi connectivity index (χ0) is 13.3. The number of nitrogens with zero attached hydrogens (tertiary/aromatic N) is 1. The second-order valence-electron chi connectivity index (χ2n) is 4.34. The Morgan fingerprint density at radius 3 is 2.56 bits per heavy atom. The molecule has 0 spiro atoms. The third kappa shape index (κ3) is 2.16. The fraction of sp³-hybridized carbons (Fsp3) is 0.308. The normalized spacial score (nSPS) is 10.9. The first-order valence-electron chi connectivity index (χ1n) is 5.62. The molecule has 0 fully saturated rings. The lowest BCUT2D eigenvalue weighted by molar-refractivity contribution is 0.416. The molecule has 0 aliphatic heterocycles. The van der Waals surface area contributed by atoms with Gasteiger partial charge in [0.05, 0.1) is 23.9 Å². The number of benzene rings is 1. The largest absolute Gasteiger partial charge is 0.495 e. The van der Waals surface area contributed by atoms with Crippen LogP contribution in [0, 0.1) is 0 Å². The summed E-state index contributed by atoms with van der Waals surface area (Å²) in [6, 6.07) is 3.90. The second-order valence-corrected chi connectivity index (χ2v) is 4.75. The van der Waals surface area contributed by atoms with Crippen LogP contribution < -0.4 is 10.5 Å². The van der Waals surface area contributed by atoms with E-state index in [-0.39, 0.29) is 5.88 Å². The number of rotatable bonds is 3. The number of aromatic nitrogens is 1. The Balaban J connectivity index is 2.67. The summed E-state index contributed by atoms with van der Waals surface area (Å²) < 4.78 is 10.2. The first kappa shape index (κ1) is 12.8. The van der Waals surface area contributed by atoms with E-state index in [2.05, 4.69) is 19.0 Å². The number of nitrogens with two attached hydrogens (primary N) is 1. The van der Waals surface area contributed by atoms with Gasteiger partial charge < -0.3 is 15.0 Å². The van der Waals surface area contributed by atoms with Crippen LogP contribution in [-0.2, 0) is 0 Å². The van der Waals surface area contributed by atoms with Crippen molar-refractivity contribution in [2.45, 2.75) is 19.8 Å². The zero-order valence-corrected chi connectivity index (χ0v) is 11.3. The van der Waals surface area contributed by atoms with Crippen molar-refractivity contribution in [2.24, 2.45) is 0 Å². The van der Waals surface area contributed by atoms with Crippen molar-refractivity contribution in [3.63, 3.8) is 0 Å². The van der Waals surface area contributed by atoms with E-state index in [1.165, 1.54) is 0 Å². The van der Waals surface area contributed by atoms with Gasteiger partial charge in [0.2, 0.25) is 5.88 Å². The molecule has 0 saturated carbocycles. The fourth-order valence-electron chi connectivity index (χ4n) is 1.81. The molecule has 0 amide bonds. The molecule has 0 atom stereocenters. The van der Waals surface area contributed by atoms with E-state index in [1.807, 2.05) is 12.1 Å². The van der Waals surface area contributed by atoms with Crippen molar-refractivity contribution >= 4 is 17.5 Å². The number of methoxy groups -OCH3 is 1. The van der Waals surface area contributed by atoms with E-state index in [0.717, 1.165) is 11.1 Å². The van der Waals surface area contributed by atoms with E-state index in [4.69, 9.17) is 26.6 Å². The minimum absolute atomic E-state index is 0.255. The van der Waals surface area contributed by atoms with Crippen molar-refractivity contribution in [3.8, 4) is 16.9 Å². The maximum atomic E-state index is 6.23. The number of ether oxygens (including phenoxy) is 1. The molecule has 0 saturated heterocycles. The van der Waals surface area contributed by atoms with Gasteiger partial charge in [-0.15, -0.1) is 0 Å². The van der Waals surface area contributed by atoms with Crippen molar-refractivity contribution in [1.29, 1.82) is 0 Å². The number of hydrogen-bond donors (Lipinski definition) is 1. The molecule has 4 nitrogen and oxygen atoms in total. The molecule has 2 aromatic rings. The van der Waals surface area contributed by atoms with Crippen LogP contribution in [0.3, 0.4) is 0 Å². The highest BCUT2D eigenvalue weighted by molar-refractivity contribution is 6.32. The van der Waals surface area contributed by atoms with E-state index >= 15 is 0 Å². The van der Waals surface area contributed by atoms with Crippen molar-refractivity contribution in [2.75, 3.05) is 12.8 Å². The lowest BCUT2D eigenvalue weighted by Crippen LogP contribution is -1.95. The topological polar surface area (TPSA) is 61.3 Å². The highest BCUT2D eigenvalue weighted by Crippen LogP contribution is 2.40. The third-order valence-corrected chi connectivity index (χ3v) is 3.11. The summed E-state index contributed by atoms with van der Waals surface area (Å²) in [5.74, 6) is 1.19. The fourth-order valence-corrected chi connectivity index (χ4v) is 2.11. The summed E-state index contributed by atoms with van der Waals surface area (Å²) in [5, 5.41) is 4.23. The Labute approximate surface area is 111 Å². The quantitative estimate of drug-likeness (QED) is 0.920. The van der Waals surface area contributed by atoms with Gasteiger partial charge in [-0.25, -0.2) is 0 Å². The van der Waals surface area contributed by atoms with E-state index in [1.54, 1.807) is 13.3 Å². The Hall–Kier alpha value is -1.68. The Morgan fingerprint density at radius 2 is 2.06 bits per heavy atom. The Morgan fingerprint density at radius 1 is 1.33 bits per heavy atom. The second kappa shape index (κ2) is 4.90. The predicted octanol–water partition coefficient (Wildman–Crippen LogP) is 3.71. The smallest absolute Gasteiger partial charge is 0.230 e. The van der Waals surface area contributed by atoms with Gasteiger partial charge in [-0.1, -0.05) is 30.6 Å². The van der Waals surface area contributed by atoms with Gasteiger partial charge in [0.15, 0.2) is 0 Å². The lowest BCUT2D eigenvalue weighted by atomic mass is 9.97. The van der Waals surface area contributed by atoms with Crippen LogP contribution >= 0.6 is 11.6 Å². The molecule has 5 heteroatoms. The number of nitrogen functional groups attached to an aromatic ring is 1. The van der Waals surface area contributed by atoms with E-state index in [0.29, 0.717) is 22.3 Å². The molecule has 0 bridgehead atoms. The van der Waals surface area contributed by atoms with Crippen LogP contribution in [-0.4, -0.2) is 12.3 Å². The van der Waals surface area contributed by atoms with Crippen LogP contribution in [0.15, 0.2) is 22.9 Å². The van der Waals surface area contributed by atoms with Gasteiger partial charge in [-0.3, -0.25) is 0 Å². The summed E-state index contributed by atoms with van der Waals surface area (Å²) >= 11 is 6.23. The Kier molecular flexibility index (Phi) is 3.48. The molecule has 1 heterocycles. The monoisotopic (exact) mass is 266 g/mol. The number of hydrogen-bond acceptors (Lipinski definition) is 4. The van der Waals surface area contributed by atoms with Crippen LogP contribution in [0.2, 0.25) is 5.02 Å². The molecule has 1 aromatic carbocycles. The Bertz CT molecular complexity index is 564. The van der Waals surface area contributed by atoms with Crippen LogP contribution in [0.1, 0.15) is 25.3 Å². The number of halogens is 1. The average molecular weight is 267 g/mol. The summed E-state index contributed by atoms with van der Waals surface area (Å²) in [6.45, 7) is 4.19. The van der Waals surface area contributed by atoms with Gasteiger partial charge >= 0.3 is 0 Å². The maximum absolute atomic E-state index is 6.23. The standard InChI is InChI=1S/C13H15ClN2O2/c1-7(2)8-4-9(10-6-16-18-13(10)15)12(17-3)11(14)5-8/h4-7H,15H2,1-3H3. The maximum Gasteiger partial charge on any atom is 0.230 e. The molecular formula is C13H15ClN2O2. The molecule has 96 valence electrons. The molecule has 2 N–H and O–H groups in total. The van der Waals surface area contributed by atoms with E-state index < -0.39 is 0 Å². The molecule has 0 radical (unpaired) electrons.